The largest absolute Gasteiger partial charge is 0.482 e. The third-order valence-corrected chi connectivity index (χ3v) is 4.47. The molecule has 168 valence electrons. The lowest BCUT2D eigenvalue weighted by atomic mass is 10.1. The number of oxime groups is 1. The van der Waals surface area contributed by atoms with Gasteiger partial charge in [-0.15, -0.1) is 0 Å². The minimum absolute atomic E-state index is 0.0147. The van der Waals surface area contributed by atoms with Crippen LogP contribution in [0.5, 0.6) is 5.75 Å². The molecule has 0 aliphatic carbocycles. The Balaban J connectivity index is 1.66. The Morgan fingerprint density at radius 2 is 1.70 bits per heavy atom. The SMILES string of the molecule is Cc1ccc(OCc2cccc(C(=O)O/N=C(\N)c3ccc([N+](=O)[O-])cc3)c2)c([N+](=O)[O-])c1. The van der Waals surface area contributed by atoms with Crippen LogP contribution >= 0.6 is 0 Å². The summed E-state index contributed by atoms with van der Waals surface area (Å²) in [5, 5.41) is 25.5. The third kappa shape index (κ3) is 5.88. The number of nitrogens with zero attached hydrogens (tertiary/aromatic N) is 3. The topological polar surface area (TPSA) is 160 Å². The van der Waals surface area contributed by atoms with Gasteiger partial charge >= 0.3 is 11.7 Å². The molecule has 0 saturated heterocycles. The van der Waals surface area contributed by atoms with Crippen molar-refractivity contribution < 1.29 is 24.2 Å². The van der Waals surface area contributed by atoms with Gasteiger partial charge in [-0.05, 0) is 48.4 Å². The van der Waals surface area contributed by atoms with E-state index in [-0.39, 0.29) is 35.1 Å². The molecule has 33 heavy (non-hydrogen) atoms. The van der Waals surface area contributed by atoms with Crippen molar-refractivity contribution in [3.05, 3.63) is 109 Å². The number of non-ortho nitro benzene ring substituents is 1. The zero-order valence-electron chi connectivity index (χ0n) is 17.3. The van der Waals surface area contributed by atoms with E-state index >= 15 is 0 Å². The zero-order chi connectivity index (χ0) is 24.0. The van der Waals surface area contributed by atoms with Crippen LogP contribution in [0.1, 0.15) is 27.0 Å². The first-order chi connectivity index (χ1) is 15.7. The van der Waals surface area contributed by atoms with Crippen molar-refractivity contribution in [2.75, 3.05) is 0 Å². The standard InChI is InChI=1S/C22H18N4O7/c1-14-5-10-20(19(11-14)26(30)31)32-13-15-3-2-4-17(12-15)22(27)33-24-21(23)16-6-8-18(9-7-16)25(28)29/h2-12H,13H2,1H3,(H2,23,24). The fourth-order valence-corrected chi connectivity index (χ4v) is 2.79. The molecule has 0 amide bonds. The average molecular weight is 450 g/mol. The number of ether oxygens (including phenoxy) is 1. The molecule has 3 aromatic rings. The molecule has 0 spiro atoms. The van der Waals surface area contributed by atoms with E-state index in [2.05, 4.69) is 5.16 Å². The molecule has 0 unspecified atom stereocenters. The van der Waals surface area contributed by atoms with Gasteiger partial charge in [0, 0.05) is 23.8 Å². The van der Waals surface area contributed by atoms with Gasteiger partial charge in [0.25, 0.3) is 5.69 Å². The van der Waals surface area contributed by atoms with Crippen LogP contribution in [0.3, 0.4) is 0 Å². The second-order valence-electron chi connectivity index (χ2n) is 6.88. The lowest BCUT2D eigenvalue weighted by Crippen LogP contribution is -2.15. The Labute approximate surface area is 187 Å². The predicted octanol–water partition coefficient (Wildman–Crippen LogP) is 3.87. The molecule has 0 fully saturated rings. The lowest BCUT2D eigenvalue weighted by Gasteiger charge is -2.08. The van der Waals surface area contributed by atoms with Crippen molar-refractivity contribution in [1.29, 1.82) is 0 Å². The molecular weight excluding hydrogens is 432 g/mol. The second-order valence-corrected chi connectivity index (χ2v) is 6.88. The van der Waals surface area contributed by atoms with E-state index in [4.69, 9.17) is 15.3 Å². The predicted molar refractivity (Wildman–Crippen MR) is 118 cm³/mol. The highest BCUT2D eigenvalue weighted by atomic mass is 16.7. The van der Waals surface area contributed by atoms with Crippen molar-refractivity contribution in [3.8, 4) is 5.75 Å². The second kappa shape index (κ2) is 10.0. The van der Waals surface area contributed by atoms with Crippen LogP contribution in [-0.4, -0.2) is 21.7 Å². The van der Waals surface area contributed by atoms with Gasteiger partial charge in [0.2, 0.25) is 0 Å². The van der Waals surface area contributed by atoms with Crippen LogP contribution in [-0.2, 0) is 11.4 Å². The van der Waals surface area contributed by atoms with Crippen LogP contribution in [0, 0.1) is 27.2 Å². The summed E-state index contributed by atoms with van der Waals surface area (Å²) >= 11 is 0. The maximum Gasteiger partial charge on any atom is 0.365 e. The van der Waals surface area contributed by atoms with Crippen molar-refractivity contribution in [2.24, 2.45) is 10.9 Å². The number of rotatable bonds is 8. The van der Waals surface area contributed by atoms with E-state index in [9.17, 15) is 25.0 Å². The highest BCUT2D eigenvalue weighted by molar-refractivity contribution is 5.98. The Bertz CT molecular complexity index is 1240. The number of nitro benzene ring substituents is 2. The van der Waals surface area contributed by atoms with Crippen LogP contribution in [0.15, 0.2) is 71.9 Å². The summed E-state index contributed by atoms with van der Waals surface area (Å²) in [5.41, 5.74) is 7.31. The van der Waals surface area contributed by atoms with Gasteiger partial charge in [-0.3, -0.25) is 20.2 Å². The summed E-state index contributed by atoms with van der Waals surface area (Å²) in [5.74, 6) is -0.813. The van der Waals surface area contributed by atoms with Crippen LogP contribution in [0.2, 0.25) is 0 Å². The number of amidine groups is 1. The van der Waals surface area contributed by atoms with Crippen molar-refractivity contribution >= 4 is 23.2 Å². The highest BCUT2D eigenvalue weighted by Crippen LogP contribution is 2.28. The van der Waals surface area contributed by atoms with E-state index in [0.29, 0.717) is 11.1 Å². The number of hydrogen-bond donors (Lipinski definition) is 1. The summed E-state index contributed by atoms with van der Waals surface area (Å²) in [6.07, 6.45) is 0. The molecular formula is C22H18N4O7. The Morgan fingerprint density at radius 3 is 2.36 bits per heavy atom. The first-order valence-corrected chi connectivity index (χ1v) is 9.51. The molecule has 0 saturated carbocycles. The van der Waals surface area contributed by atoms with Gasteiger partial charge in [-0.1, -0.05) is 23.4 Å². The van der Waals surface area contributed by atoms with Gasteiger partial charge in [-0.25, -0.2) is 4.79 Å². The monoisotopic (exact) mass is 450 g/mol. The summed E-state index contributed by atoms with van der Waals surface area (Å²) in [6.45, 7) is 1.72. The molecule has 3 aromatic carbocycles. The number of benzene rings is 3. The maximum atomic E-state index is 12.3. The first kappa shape index (κ1) is 22.9. The minimum Gasteiger partial charge on any atom is -0.482 e. The van der Waals surface area contributed by atoms with Crippen LogP contribution in [0.25, 0.3) is 0 Å². The fraction of sp³-hybridized carbons (Fsp3) is 0.0909. The lowest BCUT2D eigenvalue weighted by molar-refractivity contribution is -0.386. The number of hydrogen-bond acceptors (Lipinski definition) is 8. The molecule has 0 radical (unpaired) electrons. The number of nitrogens with two attached hydrogens (primary N) is 1. The molecule has 2 N–H and O–H groups in total. The summed E-state index contributed by atoms with van der Waals surface area (Å²) in [4.78, 5) is 38.0. The van der Waals surface area contributed by atoms with E-state index in [0.717, 1.165) is 5.56 Å². The van der Waals surface area contributed by atoms with Gasteiger partial charge in [0.05, 0.1) is 15.4 Å². The number of aryl methyl sites for hydroxylation is 1. The molecule has 0 heterocycles. The highest BCUT2D eigenvalue weighted by Gasteiger charge is 2.16. The number of carbonyl (C=O) groups excluding carboxylic acids is 1. The zero-order valence-corrected chi connectivity index (χ0v) is 17.3. The van der Waals surface area contributed by atoms with E-state index < -0.39 is 15.8 Å². The van der Waals surface area contributed by atoms with Crippen molar-refractivity contribution in [3.63, 3.8) is 0 Å². The average Bonchev–Trinajstić information content (AvgIpc) is 2.81. The molecule has 11 heteroatoms. The molecule has 0 aliphatic heterocycles. The quantitative estimate of drug-likeness (QED) is 0.178. The summed E-state index contributed by atoms with van der Waals surface area (Å²) < 4.78 is 5.57. The van der Waals surface area contributed by atoms with Gasteiger partial charge in [0.15, 0.2) is 11.6 Å². The Morgan fingerprint density at radius 1 is 0.970 bits per heavy atom. The van der Waals surface area contributed by atoms with Crippen LogP contribution in [0.4, 0.5) is 11.4 Å². The Hall–Kier alpha value is -4.80. The first-order valence-electron chi connectivity index (χ1n) is 9.51. The molecule has 0 atom stereocenters. The minimum atomic E-state index is -0.789. The molecule has 0 aliphatic rings. The Kier molecular flexibility index (Phi) is 6.94. The fourth-order valence-electron chi connectivity index (χ4n) is 2.79. The van der Waals surface area contributed by atoms with E-state index in [1.54, 1.807) is 25.1 Å². The molecule has 11 nitrogen and oxygen atoms in total. The van der Waals surface area contributed by atoms with E-state index in [1.807, 2.05) is 0 Å². The van der Waals surface area contributed by atoms with Crippen molar-refractivity contribution in [2.45, 2.75) is 13.5 Å². The van der Waals surface area contributed by atoms with Crippen LogP contribution < -0.4 is 10.5 Å². The number of carbonyl (C=O) groups is 1. The van der Waals surface area contributed by atoms with Crippen molar-refractivity contribution in [1.82, 2.24) is 0 Å². The van der Waals surface area contributed by atoms with Gasteiger partial charge in [-0.2, -0.15) is 0 Å². The molecule has 0 bridgehead atoms. The smallest absolute Gasteiger partial charge is 0.365 e. The normalized spacial score (nSPS) is 11.0. The maximum absolute atomic E-state index is 12.3. The molecule has 3 rings (SSSR count). The third-order valence-electron chi connectivity index (χ3n) is 4.47. The van der Waals surface area contributed by atoms with Gasteiger partial charge in [0.1, 0.15) is 6.61 Å². The summed E-state index contributed by atoms with van der Waals surface area (Å²) in [6, 6.07) is 16.2. The molecule has 0 aromatic heterocycles. The van der Waals surface area contributed by atoms with E-state index in [1.165, 1.54) is 48.5 Å². The number of nitro groups is 2. The summed E-state index contributed by atoms with van der Waals surface area (Å²) in [7, 11) is 0. The van der Waals surface area contributed by atoms with Gasteiger partial charge < -0.3 is 15.3 Å².